The van der Waals surface area contributed by atoms with Crippen molar-refractivity contribution in [1.82, 2.24) is 15.5 Å². The number of benzene rings is 1. The number of nitrogens with zero attached hydrogens (tertiary/aromatic N) is 1. The SMILES string of the molecule is CC(=O)OCCC1CCN(C(=O)C(COCCCNC(=O)OC(C)(C)C)NC(=O)OCc2ccccc2)CC1. The fraction of sp³-hybridized carbons (Fsp3) is 0.643. The average molecular weight is 550 g/mol. The molecule has 0 aromatic heterocycles. The van der Waals surface area contributed by atoms with Gasteiger partial charge in [-0.15, -0.1) is 0 Å². The van der Waals surface area contributed by atoms with Crippen LogP contribution in [0.3, 0.4) is 0 Å². The van der Waals surface area contributed by atoms with Gasteiger partial charge in [0.25, 0.3) is 0 Å². The molecule has 2 rings (SSSR count). The zero-order valence-corrected chi connectivity index (χ0v) is 23.5. The van der Waals surface area contributed by atoms with Gasteiger partial charge in [-0.25, -0.2) is 9.59 Å². The number of esters is 1. The van der Waals surface area contributed by atoms with Crippen molar-refractivity contribution in [3.8, 4) is 0 Å². The standard InChI is InChI=1S/C28H43N3O8/c1-21(32)37-18-13-22-11-15-31(16-12-22)25(33)24(30-27(35)38-19-23-9-6-5-7-10-23)20-36-17-8-14-29-26(34)39-28(2,3)4/h5-7,9-10,22,24H,8,11-20H2,1-4H3,(H,29,34)(H,30,35). The van der Waals surface area contributed by atoms with Gasteiger partial charge in [0.15, 0.2) is 0 Å². The lowest BCUT2D eigenvalue weighted by atomic mass is 9.93. The molecule has 0 radical (unpaired) electrons. The molecule has 0 bridgehead atoms. The lowest BCUT2D eigenvalue weighted by molar-refractivity contribution is -0.141. The van der Waals surface area contributed by atoms with E-state index in [1.807, 2.05) is 30.3 Å². The van der Waals surface area contributed by atoms with E-state index >= 15 is 0 Å². The summed E-state index contributed by atoms with van der Waals surface area (Å²) < 4.78 is 21.2. The van der Waals surface area contributed by atoms with Gasteiger partial charge in [-0.1, -0.05) is 30.3 Å². The number of carbonyl (C=O) groups is 4. The van der Waals surface area contributed by atoms with Gasteiger partial charge < -0.3 is 34.5 Å². The molecular weight excluding hydrogens is 506 g/mol. The Balaban J connectivity index is 1.83. The molecule has 11 nitrogen and oxygen atoms in total. The normalized spacial score (nSPS) is 14.7. The van der Waals surface area contributed by atoms with E-state index in [4.69, 9.17) is 18.9 Å². The van der Waals surface area contributed by atoms with Crippen molar-refractivity contribution in [2.45, 2.75) is 71.6 Å². The topological polar surface area (TPSA) is 132 Å². The zero-order valence-electron chi connectivity index (χ0n) is 23.5. The molecule has 1 atom stereocenters. The highest BCUT2D eigenvalue weighted by Crippen LogP contribution is 2.21. The number of ether oxygens (including phenoxy) is 4. The number of piperidine rings is 1. The molecule has 1 saturated heterocycles. The van der Waals surface area contributed by atoms with Crippen molar-refractivity contribution < 1.29 is 38.1 Å². The average Bonchev–Trinajstić information content (AvgIpc) is 2.88. The molecule has 1 heterocycles. The van der Waals surface area contributed by atoms with Crippen LogP contribution in [0.4, 0.5) is 9.59 Å². The van der Waals surface area contributed by atoms with Crippen molar-refractivity contribution in [2.75, 3.05) is 39.5 Å². The number of carbonyl (C=O) groups excluding carboxylic acids is 4. The van der Waals surface area contributed by atoms with Gasteiger partial charge in [0.1, 0.15) is 18.2 Å². The summed E-state index contributed by atoms with van der Waals surface area (Å²) in [4.78, 5) is 50.3. The first-order valence-electron chi connectivity index (χ1n) is 13.5. The number of amides is 3. The predicted octanol–water partition coefficient (Wildman–Crippen LogP) is 3.40. The summed E-state index contributed by atoms with van der Waals surface area (Å²) >= 11 is 0. The molecular formula is C28H43N3O8. The van der Waals surface area contributed by atoms with E-state index in [1.54, 1.807) is 25.7 Å². The van der Waals surface area contributed by atoms with Crippen LogP contribution in [0.1, 0.15) is 58.9 Å². The van der Waals surface area contributed by atoms with Crippen molar-refractivity contribution in [3.63, 3.8) is 0 Å². The Morgan fingerprint density at radius 1 is 1.00 bits per heavy atom. The molecule has 1 aliphatic rings. The molecule has 1 aliphatic heterocycles. The van der Waals surface area contributed by atoms with E-state index in [0.717, 1.165) is 24.8 Å². The summed E-state index contributed by atoms with van der Waals surface area (Å²) in [5.74, 6) is -0.169. The van der Waals surface area contributed by atoms with E-state index in [1.165, 1.54) is 6.92 Å². The Kier molecular flexibility index (Phi) is 13.6. The van der Waals surface area contributed by atoms with E-state index in [9.17, 15) is 19.2 Å². The number of likely N-dealkylation sites (tertiary alicyclic amines) is 1. The summed E-state index contributed by atoms with van der Waals surface area (Å²) in [5.41, 5.74) is 0.256. The van der Waals surface area contributed by atoms with Crippen LogP contribution < -0.4 is 10.6 Å². The Hall–Kier alpha value is -3.34. The van der Waals surface area contributed by atoms with Gasteiger partial charge in [-0.3, -0.25) is 9.59 Å². The molecule has 1 fully saturated rings. The third-order valence-electron chi connectivity index (χ3n) is 5.98. The molecule has 11 heteroatoms. The second kappa shape index (κ2) is 16.6. The van der Waals surface area contributed by atoms with Gasteiger partial charge >= 0.3 is 18.2 Å². The smallest absolute Gasteiger partial charge is 0.408 e. The molecule has 1 aromatic rings. The first-order valence-corrected chi connectivity index (χ1v) is 13.5. The van der Waals surface area contributed by atoms with Crippen molar-refractivity contribution >= 4 is 24.1 Å². The highest BCUT2D eigenvalue weighted by atomic mass is 16.6. The van der Waals surface area contributed by atoms with Crippen LogP contribution in [-0.4, -0.2) is 80.1 Å². The largest absolute Gasteiger partial charge is 0.466 e. The minimum atomic E-state index is -0.912. The van der Waals surface area contributed by atoms with Gasteiger partial charge in [-0.2, -0.15) is 0 Å². The lowest BCUT2D eigenvalue weighted by Gasteiger charge is -2.34. The Labute approximate surface area is 230 Å². The van der Waals surface area contributed by atoms with E-state index < -0.39 is 23.8 Å². The first kappa shape index (κ1) is 31.9. The van der Waals surface area contributed by atoms with Crippen LogP contribution in [0.2, 0.25) is 0 Å². The van der Waals surface area contributed by atoms with Gasteiger partial charge in [0.2, 0.25) is 5.91 Å². The van der Waals surface area contributed by atoms with E-state index in [2.05, 4.69) is 10.6 Å². The summed E-state index contributed by atoms with van der Waals surface area (Å²) in [6.07, 6.45) is 1.63. The summed E-state index contributed by atoms with van der Waals surface area (Å²) in [5, 5.41) is 5.31. The van der Waals surface area contributed by atoms with Crippen LogP contribution in [0.25, 0.3) is 0 Å². The summed E-state index contributed by atoms with van der Waals surface area (Å²) in [7, 11) is 0. The molecule has 0 aliphatic carbocycles. The van der Waals surface area contributed by atoms with Gasteiger partial charge in [0, 0.05) is 33.2 Å². The highest BCUT2D eigenvalue weighted by Gasteiger charge is 2.30. The fourth-order valence-corrected chi connectivity index (χ4v) is 3.99. The number of hydrogen-bond donors (Lipinski definition) is 2. The van der Waals surface area contributed by atoms with Crippen molar-refractivity contribution in [1.29, 1.82) is 0 Å². The van der Waals surface area contributed by atoms with Gasteiger partial charge in [-0.05, 0) is 57.9 Å². The fourth-order valence-electron chi connectivity index (χ4n) is 3.99. The Morgan fingerprint density at radius 2 is 1.69 bits per heavy atom. The first-order chi connectivity index (χ1) is 18.5. The maximum absolute atomic E-state index is 13.3. The monoisotopic (exact) mass is 549 g/mol. The molecule has 218 valence electrons. The third-order valence-corrected chi connectivity index (χ3v) is 5.98. The van der Waals surface area contributed by atoms with Crippen LogP contribution in [-0.2, 0) is 35.1 Å². The maximum atomic E-state index is 13.3. The number of hydrogen-bond acceptors (Lipinski definition) is 8. The predicted molar refractivity (Wildman–Crippen MR) is 144 cm³/mol. The van der Waals surface area contributed by atoms with Gasteiger partial charge in [0.05, 0.1) is 13.2 Å². The number of rotatable bonds is 13. The quantitative estimate of drug-likeness (QED) is 0.217. The van der Waals surface area contributed by atoms with Crippen molar-refractivity contribution in [3.05, 3.63) is 35.9 Å². The minimum Gasteiger partial charge on any atom is -0.466 e. The molecule has 0 spiro atoms. The molecule has 3 amide bonds. The second-order valence-corrected chi connectivity index (χ2v) is 10.5. The summed E-state index contributed by atoms with van der Waals surface area (Å²) in [6.45, 7) is 8.89. The Morgan fingerprint density at radius 3 is 2.33 bits per heavy atom. The van der Waals surface area contributed by atoms with Crippen LogP contribution in [0.15, 0.2) is 30.3 Å². The molecule has 1 aromatic carbocycles. The summed E-state index contributed by atoms with van der Waals surface area (Å²) in [6, 6.07) is 8.35. The van der Waals surface area contributed by atoms with E-state index in [-0.39, 0.29) is 31.7 Å². The minimum absolute atomic E-state index is 0.0297. The molecule has 2 N–H and O–H groups in total. The maximum Gasteiger partial charge on any atom is 0.408 e. The lowest BCUT2D eigenvalue weighted by Crippen LogP contribution is -2.53. The molecule has 39 heavy (non-hydrogen) atoms. The molecule has 0 saturated carbocycles. The van der Waals surface area contributed by atoms with E-state index in [0.29, 0.717) is 38.6 Å². The second-order valence-electron chi connectivity index (χ2n) is 10.5. The van der Waals surface area contributed by atoms with Crippen molar-refractivity contribution in [2.24, 2.45) is 5.92 Å². The van der Waals surface area contributed by atoms with Crippen LogP contribution >= 0.6 is 0 Å². The Bertz CT molecular complexity index is 911. The van der Waals surface area contributed by atoms with Crippen LogP contribution in [0, 0.1) is 5.92 Å². The highest BCUT2D eigenvalue weighted by molar-refractivity contribution is 5.86. The number of alkyl carbamates (subject to hydrolysis) is 2. The number of nitrogens with one attached hydrogen (secondary N) is 2. The zero-order chi connectivity index (χ0) is 28.7. The van der Waals surface area contributed by atoms with Crippen LogP contribution in [0.5, 0.6) is 0 Å². The molecule has 1 unspecified atom stereocenters. The third kappa shape index (κ3) is 13.9.